The lowest BCUT2D eigenvalue weighted by atomic mass is 10.0. The van der Waals surface area contributed by atoms with Gasteiger partial charge in [-0.2, -0.15) is 0 Å². The number of carbonyl (C=O) groups is 2. The molecule has 0 fully saturated rings. The van der Waals surface area contributed by atoms with Gasteiger partial charge in [0.25, 0.3) is 0 Å². The summed E-state index contributed by atoms with van der Waals surface area (Å²) < 4.78 is 26.6. The van der Waals surface area contributed by atoms with Crippen molar-refractivity contribution < 1.29 is 37.9 Å². The first-order valence-electron chi connectivity index (χ1n) is 25.8. The topological polar surface area (TPSA) is 119 Å². The highest BCUT2D eigenvalue weighted by atomic mass is 31.2. The van der Waals surface area contributed by atoms with Crippen molar-refractivity contribution in [3.63, 3.8) is 0 Å². The SMILES string of the molecule is CCCCCCCCCCCCCCCCCCCCCCCC(=O)O[C@H](COC(=O)CCCCCCCCCCCCCCCCCCCCCC)COP(=O)(O)O. The number of hydrogen-bond acceptors (Lipinski definition) is 6. The van der Waals surface area contributed by atoms with Crippen LogP contribution in [0.3, 0.4) is 0 Å². The van der Waals surface area contributed by atoms with E-state index in [9.17, 15) is 14.2 Å². The summed E-state index contributed by atoms with van der Waals surface area (Å²) in [6.45, 7) is 3.76. The maximum absolute atomic E-state index is 12.5. The van der Waals surface area contributed by atoms with Gasteiger partial charge in [0.05, 0.1) is 6.61 Å². The van der Waals surface area contributed by atoms with Crippen LogP contribution in [-0.2, 0) is 28.2 Å². The van der Waals surface area contributed by atoms with E-state index >= 15 is 0 Å². The molecule has 0 aromatic heterocycles. The van der Waals surface area contributed by atoms with Crippen LogP contribution in [0.4, 0.5) is 0 Å². The third kappa shape index (κ3) is 49.6. The zero-order valence-electron chi connectivity index (χ0n) is 39.2. The second-order valence-electron chi connectivity index (χ2n) is 17.9. The molecule has 0 saturated carbocycles. The molecule has 2 N–H and O–H groups in total. The zero-order valence-corrected chi connectivity index (χ0v) is 40.1. The second kappa shape index (κ2) is 46.6. The molecule has 0 aliphatic rings. The molecule has 1 atom stereocenters. The first-order chi connectivity index (χ1) is 28.8. The van der Waals surface area contributed by atoms with Crippen LogP contribution < -0.4 is 0 Å². The first-order valence-corrected chi connectivity index (χ1v) is 27.4. The van der Waals surface area contributed by atoms with E-state index in [-0.39, 0.29) is 19.4 Å². The molecule has 0 bridgehead atoms. The lowest BCUT2D eigenvalue weighted by Crippen LogP contribution is -2.29. The Balaban J connectivity index is 3.75. The third-order valence-electron chi connectivity index (χ3n) is 11.9. The second-order valence-corrected chi connectivity index (χ2v) is 19.1. The number of rotatable bonds is 49. The molecule has 0 radical (unpaired) electrons. The lowest BCUT2D eigenvalue weighted by molar-refractivity contribution is -0.161. The highest BCUT2D eigenvalue weighted by Gasteiger charge is 2.23. The number of hydrogen-bond donors (Lipinski definition) is 2. The molecule has 0 rings (SSSR count). The highest BCUT2D eigenvalue weighted by Crippen LogP contribution is 2.36. The van der Waals surface area contributed by atoms with Gasteiger partial charge in [-0.1, -0.05) is 264 Å². The van der Waals surface area contributed by atoms with E-state index in [0.717, 1.165) is 32.1 Å². The first kappa shape index (κ1) is 58.0. The average molecular weight is 859 g/mol. The van der Waals surface area contributed by atoms with E-state index in [4.69, 9.17) is 19.3 Å². The Morgan fingerprint density at radius 1 is 0.373 bits per heavy atom. The van der Waals surface area contributed by atoms with E-state index in [1.165, 1.54) is 225 Å². The number of phosphoric acid groups is 1. The number of phosphoric ester groups is 1. The molecular formula is C50H99O8P. The largest absolute Gasteiger partial charge is 0.469 e. The van der Waals surface area contributed by atoms with Gasteiger partial charge in [0, 0.05) is 12.8 Å². The van der Waals surface area contributed by atoms with Gasteiger partial charge in [-0.05, 0) is 12.8 Å². The van der Waals surface area contributed by atoms with Crippen molar-refractivity contribution >= 4 is 19.8 Å². The van der Waals surface area contributed by atoms with Crippen LogP contribution in [0.25, 0.3) is 0 Å². The zero-order chi connectivity index (χ0) is 43.2. The summed E-state index contributed by atoms with van der Waals surface area (Å²) in [5.41, 5.74) is 0. The Morgan fingerprint density at radius 3 is 0.864 bits per heavy atom. The van der Waals surface area contributed by atoms with Crippen LogP contribution in [0.2, 0.25) is 0 Å². The molecule has 0 spiro atoms. The standard InChI is InChI=1S/C50H99O8P/c1-3-5-7-9-11-13-15-17-19-21-23-25-27-29-31-33-35-37-39-41-43-45-50(52)58-48(47-57-59(53,54)55)46-56-49(51)44-42-40-38-36-34-32-30-28-26-24-22-20-18-16-14-12-10-8-6-4-2/h48H,3-47H2,1-2H3,(H2,53,54,55)/t48-/m1/s1. The van der Waals surface area contributed by atoms with Crippen molar-refractivity contribution in [1.82, 2.24) is 0 Å². The Hall–Kier alpha value is -0.950. The van der Waals surface area contributed by atoms with E-state index in [1.807, 2.05) is 0 Å². The maximum Gasteiger partial charge on any atom is 0.469 e. The molecule has 0 aliphatic carbocycles. The summed E-state index contributed by atoms with van der Waals surface area (Å²) in [5, 5.41) is 0. The van der Waals surface area contributed by atoms with Gasteiger partial charge in [0.1, 0.15) is 6.61 Å². The molecule has 8 nitrogen and oxygen atoms in total. The summed E-state index contributed by atoms with van der Waals surface area (Å²) in [5.74, 6) is -0.860. The van der Waals surface area contributed by atoms with Gasteiger partial charge in [-0.15, -0.1) is 0 Å². The number of ether oxygens (including phenoxy) is 2. The minimum atomic E-state index is -4.75. The molecule has 0 amide bonds. The number of unbranched alkanes of at least 4 members (excludes halogenated alkanes) is 39. The van der Waals surface area contributed by atoms with Crippen LogP contribution in [-0.4, -0.2) is 41.0 Å². The quantitative estimate of drug-likeness (QED) is 0.0353. The van der Waals surface area contributed by atoms with E-state index < -0.39 is 32.5 Å². The van der Waals surface area contributed by atoms with Gasteiger partial charge in [0.15, 0.2) is 6.10 Å². The normalized spacial score (nSPS) is 12.3. The Bertz CT molecular complexity index is 925. The van der Waals surface area contributed by atoms with Crippen LogP contribution >= 0.6 is 7.82 Å². The summed E-state index contributed by atoms with van der Waals surface area (Å²) in [6.07, 6.45) is 52.7. The van der Waals surface area contributed by atoms with Gasteiger partial charge < -0.3 is 19.3 Å². The van der Waals surface area contributed by atoms with Crippen molar-refractivity contribution in [1.29, 1.82) is 0 Å². The van der Waals surface area contributed by atoms with Crippen LogP contribution in [0.5, 0.6) is 0 Å². The van der Waals surface area contributed by atoms with Crippen molar-refractivity contribution in [2.24, 2.45) is 0 Å². The molecule has 0 unspecified atom stereocenters. The smallest absolute Gasteiger partial charge is 0.462 e. The minimum absolute atomic E-state index is 0.221. The predicted molar refractivity (Wildman–Crippen MR) is 249 cm³/mol. The van der Waals surface area contributed by atoms with Crippen LogP contribution in [0.15, 0.2) is 0 Å². The van der Waals surface area contributed by atoms with Gasteiger partial charge in [-0.25, -0.2) is 4.57 Å². The van der Waals surface area contributed by atoms with Crippen molar-refractivity contribution in [2.45, 2.75) is 296 Å². The van der Waals surface area contributed by atoms with Crippen LogP contribution in [0, 0.1) is 0 Å². The maximum atomic E-state index is 12.5. The lowest BCUT2D eigenvalue weighted by Gasteiger charge is -2.18. The molecule has 9 heteroatoms. The fourth-order valence-corrected chi connectivity index (χ4v) is 8.39. The Labute approximate surface area is 365 Å². The van der Waals surface area contributed by atoms with E-state index in [2.05, 4.69) is 18.4 Å². The van der Waals surface area contributed by atoms with Crippen molar-refractivity contribution in [3.8, 4) is 0 Å². The molecule has 59 heavy (non-hydrogen) atoms. The van der Waals surface area contributed by atoms with Gasteiger partial charge >= 0.3 is 19.8 Å². The Morgan fingerprint density at radius 2 is 0.610 bits per heavy atom. The predicted octanol–water partition coefficient (Wildman–Crippen LogP) is 16.4. The van der Waals surface area contributed by atoms with Crippen molar-refractivity contribution in [3.05, 3.63) is 0 Å². The van der Waals surface area contributed by atoms with E-state index in [1.54, 1.807) is 0 Å². The summed E-state index contributed by atoms with van der Waals surface area (Å²) in [7, 11) is -4.75. The molecule has 0 aromatic carbocycles. The monoisotopic (exact) mass is 859 g/mol. The number of carbonyl (C=O) groups excluding carboxylic acids is 2. The molecule has 0 aliphatic heterocycles. The summed E-state index contributed by atoms with van der Waals surface area (Å²) in [4.78, 5) is 43.1. The van der Waals surface area contributed by atoms with Crippen molar-refractivity contribution in [2.75, 3.05) is 13.2 Å². The fourth-order valence-electron chi connectivity index (χ4n) is 8.03. The van der Waals surface area contributed by atoms with E-state index in [0.29, 0.717) is 6.42 Å². The molecule has 352 valence electrons. The number of esters is 2. The van der Waals surface area contributed by atoms with Gasteiger partial charge in [-0.3, -0.25) is 14.1 Å². The molecular weight excluding hydrogens is 760 g/mol. The van der Waals surface area contributed by atoms with Crippen LogP contribution in [0.1, 0.15) is 290 Å². The summed E-state index contributed by atoms with van der Waals surface area (Å²) in [6, 6.07) is 0. The average Bonchev–Trinajstić information content (AvgIpc) is 3.21. The Kier molecular flexibility index (Phi) is 45.8. The molecule has 0 saturated heterocycles. The highest BCUT2D eigenvalue weighted by molar-refractivity contribution is 7.46. The fraction of sp³-hybridized carbons (Fsp3) is 0.960. The summed E-state index contributed by atoms with van der Waals surface area (Å²) >= 11 is 0. The molecule has 0 aromatic rings. The third-order valence-corrected chi connectivity index (χ3v) is 12.4. The molecule has 0 heterocycles. The minimum Gasteiger partial charge on any atom is -0.462 e. The van der Waals surface area contributed by atoms with Gasteiger partial charge in [0.2, 0.25) is 0 Å².